The van der Waals surface area contributed by atoms with Gasteiger partial charge in [0.15, 0.2) is 0 Å². The van der Waals surface area contributed by atoms with Crippen molar-refractivity contribution in [3.8, 4) is 0 Å². The summed E-state index contributed by atoms with van der Waals surface area (Å²) in [4.78, 5) is 25.8. The summed E-state index contributed by atoms with van der Waals surface area (Å²) in [6.45, 7) is -0.0337. The normalized spacial score (nSPS) is 16.1. The van der Waals surface area contributed by atoms with E-state index in [-0.39, 0.29) is 11.9 Å². The Kier molecular flexibility index (Phi) is 4.87. The molecule has 0 saturated carbocycles. The van der Waals surface area contributed by atoms with Crippen molar-refractivity contribution in [3.63, 3.8) is 0 Å². The Bertz CT molecular complexity index is 841. The zero-order chi connectivity index (χ0) is 17.1. The van der Waals surface area contributed by atoms with Gasteiger partial charge in [-0.15, -0.1) is 0 Å². The molecule has 0 atom stereocenters. The van der Waals surface area contributed by atoms with Crippen molar-refractivity contribution in [2.45, 2.75) is 0 Å². The molecule has 1 heterocycles. The molecular formula is C17H12ClFN2O2S. The second-order valence-corrected chi connectivity index (χ2v) is 6.38. The summed E-state index contributed by atoms with van der Waals surface area (Å²) in [7, 11) is 0. The molecule has 1 saturated heterocycles. The summed E-state index contributed by atoms with van der Waals surface area (Å²) < 4.78 is 13.2. The van der Waals surface area contributed by atoms with Gasteiger partial charge in [-0.2, -0.15) is 0 Å². The Morgan fingerprint density at radius 2 is 1.96 bits per heavy atom. The number of amides is 2. The summed E-state index contributed by atoms with van der Waals surface area (Å²) in [5.74, 6) is -0.804. The van der Waals surface area contributed by atoms with Gasteiger partial charge < -0.3 is 5.32 Å². The quantitative estimate of drug-likeness (QED) is 0.808. The van der Waals surface area contributed by atoms with Crippen LogP contribution in [0, 0.1) is 5.82 Å². The lowest BCUT2D eigenvalue weighted by molar-refractivity contribution is -0.122. The Balaban J connectivity index is 1.73. The SMILES string of the molecule is O=C1S/C(=C\c2ccccc2Cl)C(=O)N1CNc1cccc(F)c1. The molecule has 1 fully saturated rings. The second kappa shape index (κ2) is 7.07. The summed E-state index contributed by atoms with van der Waals surface area (Å²) >= 11 is 6.92. The fraction of sp³-hybridized carbons (Fsp3) is 0.0588. The monoisotopic (exact) mass is 362 g/mol. The molecule has 122 valence electrons. The third-order valence-corrected chi connectivity index (χ3v) is 4.58. The highest BCUT2D eigenvalue weighted by atomic mass is 35.5. The Morgan fingerprint density at radius 3 is 2.71 bits per heavy atom. The van der Waals surface area contributed by atoms with E-state index in [0.29, 0.717) is 21.2 Å². The van der Waals surface area contributed by atoms with Crippen molar-refractivity contribution in [1.82, 2.24) is 4.90 Å². The molecule has 0 spiro atoms. The van der Waals surface area contributed by atoms with Crippen LogP contribution < -0.4 is 5.32 Å². The first-order valence-electron chi connectivity index (χ1n) is 7.04. The Hall–Kier alpha value is -2.31. The average molecular weight is 363 g/mol. The molecule has 0 radical (unpaired) electrons. The number of benzene rings is 2. The van der Waals surface area contributed by atoms with Crippen molar-refractivity contribution < 1.29 is 14.0 Å². The molecule has 0 aliphatic carbocycles. The van der Waals surface area contributed by atoms with Gasteiger partial charge in [0.05, 0.1) is 11.6 Å². The molecule has 0 bridgehead atoms. The standard InChI is InChI=1S/C17H12ClFN2O2S/c18-14-7-2-1-4-11(14)8-15-16(22)21(17(23)24-15)10-20-13-6-3-5-12(19)9-13/h1-9,20H,10H2/b15-8-. The van der Waals surface area contributed by atoms with Crippen molar-refractivity contribution in [3.05, 3.63) is 69.8 Å². The molecule has 0 unspecified atom stereocenters. The average Bonchev–Trinajstić information content (AvgIpc) is 2.82. The van der Waals surface area contributed by atoms with E-state index in [2.05, 4.69) is 5.32 Å². The number of hydrogen-bond donors (Lipinski definition) is 1. The molecule has 2 aromatic rings. The highest BCUT2D eigenvalue weighted by Crippen LogP contribution is 2.33. The fourth-order valence-electron chi connectivity index (χ4n) is 2.14. The third kappa shape index (κ3) is 3.60. The van der Waals surface area contributed by atoms with Crippen LogP contribution in [0.2, 0.25) is 5.02 Å². The highest BCUT2D eigenvalue weighted by molar-refractivity contribution is 8.18. The summed E-state index contributed by atoms with van der Waals surface area (Å²) in [6.07, 6.45) is 1.59. The summed E-state index contributed by atoms with van der Waals surface area (Å²) in [5, 5.41) is 2.98. The minimum absolute atomic E-state index is 0.0337. The van der Waals surface area contributed by atoms with Crippen LogP contribution >= 0.6 is 23.4 Å². The number of thioether (sulfide) groups is 1. The molecule has 1 N–H and O–H groups in total. The number of nitrogens with zero attached hydrogens (tertiary/aromatic N) is 1. The predicted molar refractivity (Wildman–Crippen MR) is 94.2 cm³/mol. The number of carbonyl (C=O) groups excluding carboxylic acids is 2. The van der Waals surface area contributed by atoms with Gasteiger partial charge >= 0.3 is 0 Å². The first-order valence-corrected chi connectivity index (χ1v) is 8.23. The van der Waals surface area contributed by atoms with Crippen molar-refractivity contribution in [2.24, 2.45) is 0 Å². The van der Waals surface area contributed by atoms with E-state index in [1.165, 1.54) is 12.1 Å². The van der Waals surface area contributed by atoms with Gasteiger partial charge in [0.1, 0.15) is 5.82 Å². The van der Waals surface area contributed by atoms with Gasteiger partial charge in [-0.1, -0.05) is 35.9 Å². The molecule has 2 aromatic carbocycles. The van der Waals surface area contributed by atoms with E-state index >= 15 is 0 Å². The van der Waals surface area contributed by atoms with Gasteiger partial charge in [-0.05, 0) is 47.7 Å². The van der Waals surface area contributed by atoms with Crippen LogP contribution in [0.5, 0.6) is 0 Å². The number of halogens is 2. The predicted octanol–water partition coefficient (Wildman–Crippen LogP) is 4.59. The molecule has 2 amide bonds. The highest BCUT2D eigenvalue weighted by Gasteiger charge is 2.34. The molecule has 7 heteroatoms. The van der Waals surface area contributed by atoms with Crippen molar-refractivity contribution in [1.29, 1.82) is 0 Å². The Labute approximate surface area is 147 Å². The van der Waals surface area contributed by atoms with Gasteiger partial charge in [0.25, 0.3) is 11.1 Å². The van der Waals surface area contributed by atoms with Crippen LogP contribution in [0.1, 0.15) is 5.56 Å². The van der Waals surface area contributed by atoms with Crippen LogP contribution in [0.15, 0.2) is 53.4 Å². The van der Waals surface area contributed by atoms with E-state index in [4.69, 9.17) is 11.6 Å². The lowest BCUT2D eigenvalue weighted by atomic mass is 10.2. The maximum absolute atomic E-state index is 13.2. The van der Waals surface area contributed by atoms with Crippen LogP contribution in [0.3, 0.4) is 0 Å². The number of rotatable bonds is 4. The maximum atomic E-state index is 13.2. The molecule has 24 heavy (non-hydrogen) atoms. The molecule has 3 rings (SSSR count). The second-order valence-electron chi connectivity index (χ2n) is 4.98. The topological polar surface area (TPSA) is 49.4 Å². The maximum Gasteiger partial charge on any atom is 0.295 e. The summed E-state index contributed by atoms with van der Waals surface area (Å²) in [6, 6.07) is 12.9. The first-order chi connectivity index (χ1) is 11.5. The zero-order valence-electron chi connectivity index (χ0n) is 12.3. The number of nitrogens with one attached hydrogen (secondary N) is 1. The fourth-order valence-corrected chi connectivity index (χ4v) is 3.16. The van der Waals surface area contributed by atoms with E-state index in [1.54, 1.807) is 42.5 Å². The minimum Gasteiger partial charge on any atom is -0.367 e. The molecule has 1 aliphatic rings. The number of carbonyl (C=O) groups is 2. The van der Waals surface area contributed by atoms with E-state index < -0.39 is 11.7 Å². The first kappa shape index (κ1) is 16.5. The molecule has 4 nitrogen and oxygen atoms in total. The Morgan fingerprint density at radius 1 is 1.17 bits per heavy atom. The number of hydrogen-bond acceptors (Lipinski definition) is 4. The van der Waals surface area contributed by atoms with Crippen LogP contribution in [0.25, 0.3) is 6.08 Å². The lowest BCUT2D eigenvalue weighted by Crippen LogP contribution is -2.33. The molecule has 1 aliphatic heterocycles. The zero-order valence-corrected chi connectivity index (χ0v) is 13.9. The van der Waals surface area contributed by atoms with Crippen LogP contribution in [-0.2, 0) is 4.79 Å². The van der Waals surface area contributed by atoms with Crippen molar-refractivity contribution in [2.75, 3.05) is 12.0 Å². The largest absolute Gasteiger partial charge is 0.367 e. The van der Waals surface area contributed by atoms with Crippen LogP contribution in [0.4, 0.5) is 14.9 Å². The van der Waals surface area contributed by atoms with E-state index in [0.717, 1.165) is 16.7 Å². The lowest BCUT2D eigenvalue weighted by Gasteiger charge is -2.14. The van der Waals surface area contributed by atoms with Gasteiger partial charge in [0.2, 0.25) is 0 Å². The van der Waals surface area contributed by atoms with Gasteiger partial charge in [-0.25, -0.2) is 4.39 Å². The molecule has 0 aromatic heterocycles. The third-order valence-electron chi connectivity index (χ3n) is 3.33. The smallest absolute Gasteiger partial charge is 0.295 e. The van der Waals surface area contributed by atoms with Gasteiger partial charge in [0, 0.05) is 10.7 Å². The number of imide groups is 1. The van der Waals surface area contributed by atoms with Gasteiger partial charge in [-0.3, -0.25) is 14.5 Å². The van der Waals surface area contributed by atoms with E-state index in [1.807, 2.05) is 0 Å². The van der Waals surface area contributed by atoms with Crippen molar-refractivity contribution >= 4 is 46.3 Å². The molecular weight excluding hydrogens is 351 g/mol. The van der Waals surface area contributed by atoms with E-state index in [9.17, 15) is 14.0 Å². The minimum atomic E-state index is -0.408. The summed E-state index contributed by atoms with van der Waals surface area (Å²) in [5.41, 5.74) is 1.16. The number of anilines is 1. The van der Waals surface area contributed by atoms with Crippen LogP contribution in [-0.4, -0.2) is 22.7 Å².